The molecule has 2 aromatic rings. The molecule has 1 aliphatic rings. The van der Waals surface area contributed by atoms with Crippen LogP contribution in [0.4, 0.5) is 0 Å². The van der Waals surface area contributed by atoms with Crippen LogP contribution in [0.25, 0.3) is 0 Å². The van der Waals surface area contributed by atoms with Crippen molar-refractivity contribution in [2.24, 2.45) is 0 Å². The number of nitrogens with one attached hydrogen (secondary N) is 1. The van der Waals surface area contributed by atoms with Crippen LogP contribution in [0.1, 0.15) is 33.8 Å². The Morgan fingerprint density at radius 1 is 1.32 bits per heavy atom. The van der Waals surface area contributed by atoms with Crippen LogP contribution in [0.3, 0.4) is 0 Å². The zero-order chi connectivity index (χ0) is 17.8. The summed E-state index contributed by atoms with van der Waals surface area (Å²) >= 11 is 0. The molecular weight excluding hydrogens is 322 g/mol. The molecule has 1 aliphatic heterocycles. The van der Waals surface area contributed by atoms with E-state index >= 15 is 0 Å². The molecule has 1 aromatic carbocycles. The second-order valence-electron chi connectivity index (χ2n) is 6.13. The lowest BCUT2D eigenvalue weighted by Gasteiger charge is -2.17. The molecule has 0 aliphatic carbocycles. The molecule has 1 saturated heterocycles. The number of ether oxygens (including phenoxy) is 1. The fraction of sp³-hybridized carbons (Fsp3) is 0.389. The normalized spacial score (nSPS) is 14.8. The van der Waals surface area contributed by atoms with Gasteiger partial charge in [-0.1, -0.05) is 17.3 Å². The third-order valence-electron chi connectivity index (χ3n) is 4.09. The maximum atomic E-state index is 12.5. The van der Waals surface area contributed by atoms with Crippen molar-refractivity contribution in [1.29, 1.82) is 0 Å². The average molecular weight is 343 g/mol. The Morgan fingerprint density at radius 2 is 2.16 bits per heavy atom. The average Bonchev–Trinajstić information content (AvgIpc) is 2.96. The van der Waals surface area contributed by atoms with Gasteiger partial charge in [-0.15, -0.1) is 0 Å². The summed E-state index contributed by atoms with van der Waals surface area (Å²) in [5, 5.41) is 6.58. The summed E-state index contributed by atoms with van der Waals surface area (Å²) < 4.78 is 11.0. The number of aromatic nitrogens is 1. The predicted octanol–water partition coefficient (Wildman–Crippen LogP) is 1.83. The zero-order valence-electron chi connectivity index (χ0n) is 14.4. The van der Waals surface area contributed by atoms with Gasteiger partial charge in [0.1, 0.15) is 12.4 Å². The number of hydrogen-bond donors (Lipinski definition) is 1. The van der Waals surface area contributed by atoms with E-state index in [0.29, 0.717) is 31.8 Å². The van der Waals surface area contributed by atoms with E-state index in [9.17, 15) is 9.59 Å². The van der Waals surface area contributed by atoms with Crippen LogP contribution in [0.5, 0.6) is 5.75 Å². The van der Waals surface area contributed by atoms with Crippen molar-refractivity contribution in [3.63, 3.8) is 0 Å². The molecule has 2 heterocycles. The molecule has 1 fully saturated rings. The van der Waals surface area contributed by atoms with Crippen LogP contribution < -0.4 is 10.1 Å². The Hall–Kier alpha value is -2.83. The van der Waals surface area contributed by atoms with Crippen LogP contribution in [0.15, 0.2) is 28.8 Å². The molecule has 0 spiro atoms. The minimum Gasteiger partial charge on any atom is -0.485 e. The Labute approximate surface area is 145 Å². The minimum atomic E-state index is -0.238. The molecule has 2 amide bonds. The monoisotopic (exact) mass is 343 g/mol. The van der Waals surface area contributed by atoms with E-state index in [2.05, 4.69) is 10.5 Å². The Balaban J connectivity index is 1.62. The smallest absolute Gasteiger partial charge is 0.276 e. The SMILES string of the molecule is Cc1ccc(C)c(OCc2cc(C(=O)N3CCNC(=O)CC3)no2)c1. The molecular formula is C18H21N3O4. The van der Waals surface area contributed by atoms with Crippen LogP contribution >= 0.6 is 0 Å². The van der Waals surface area contributed by atoms with E-state index in [1.54, 1.807) is 11.0 Å². The number of benzene rings is 1. The van der Waals surface area contributed by atoms with E-state index in [0.717, 1.165) is 16.9 Å². The summed E-state index contributed by atoms with van der Waals surface area (Å²) in [6, 6.07) is 7.56. The first kappa shape index (κ1) is 17.0. The van der Waals surface area contributed by atoms with Gasteiger partial charge in [-0.25, -0.2) is 0 Å². The number of amides is 2. The van der Waals surface area contributed by atoms with Gasteiger partial charge < -0.3 is 19.5 Å². The third kappa shape index (κ3) is 4.17. The standard InChI is InChI=1S/C18H21N3O4/c1-12-3-4-13(2)16(9-12)24-11-14-10-15(20-25-14)18(23)21-7-5-17(22)19-6-8-21/h3-4,9-10H,5-8,11H2,1-2H3,(H,19,22). The van der Waals surface area contributed by atoms with E-state index in [4.69, 9.17) is 9.26 Å². The van der Waals surface area contributed by atoms with Gasteiger partial charge in [0.05, 0.1) is 0 Å². The van der Waals surface area contributed by atoms with Gasteiger partial charge in [0.2, 0.25) is 5.91 Å². The summed E-state index contributed by atoms with van der Waals surface area (Å²) in [4.78, 5) is 25.4. The van der Waals surface area contributed by atoms with Crippen LogP contribution in [-0.2, 0) is 11.4 Å². The summed E-state index contributed by atoms with van der Waals surface area (Å²) in [5.41, 5.74) is 2.37. The van der Waals surface area contributed by atoms with Crippen molar-refractivity contribution >= 4 is 11.8 Å². The lowest BCUT2D eigenvalue weighted by Crippen LogP contribution is -2.34. The number of nitrogens with zero attached hydrogens (tertiary/aromatic N) is 2. The summed E-state index contributed by atoms with van der Waals surface area (Å²) in [6.45, 7) is 5.46. The second-order valence-corrected chi connectivity index (χ2v) is 6.13. The first-order valence-electron chi connectivity index (χ1n) is 8.24. The second kappa shape index (κ2) is 7.38. The number of carbonyl (C=O) groups excluding carboxylic acids is 2. The molecule has 25 heavy (non-hydrogen) atoms. The molecule has 3 rings (SSSR count). The fourth-order valence-electron chi connectivity index (χ4n) is 2.63. The van der Waals surface area contributed by atoms with Crippen molar-refractivity contribution in [1.82, 2.24) is 15.4 Å². The van der Waals surface area contributed by atoms with E-state index < -0.39 is 0 Å². The third-order valence-corrected chi connectivity index (χ3v) is 4.09. The number of aryl methyl sites for hydroxylation is 2. The molecule has 0 bridgehead atoms. The summed E-state index contributed by atoms with van der Waals surface area (Å²) in [6.07, 6.45) is 0.298. The van der Waals surface area contributed by atoms with Crippen molar-refractivity contribution in [2.45, 2.75) is 26.9 Å². The predicted molar refractivity (Wildman–Crippen MR) is 90.3 cm³/mol. The number of carbonyl (C=O) groups is 2. The molecule has 0 atom stereocenters. The lowest BCUT2D eigenvalue weighted by molar-refractivity contribution is -0.120. The zero-order valence-corrected chi connectivity index (χ0v) is 14.4. The quantitative estimate of drug-likeness (QED) is 0.915. The van der Waals surface area contributed by atoms with Crippen LogP contribution in [0, 0.1) is 13.8 Å². The topological polar surface area (TPSA) is 84.7 Å². The van der Waals surface area contributed by atoms with Crippen LogP contribution in [0.2, 0.25) is 0 Å². The Morgan fingerprint density at radius 3 is 3.00 bits per heavy atom. The van der Waals surface area contributed by atoms with Crippen molar-refractivity contribution in [3.05, 3.63) is 46.8 Å². The van der Waals surface area contributed by atoms with Crippen LogP contribution in [-0.4, -0.2) is 41.5 Å². The highest BCUT2D eigenvalue weighted by atomic mass is 16.5. The molecule has 7 nitrogen and oxygen atoms in total. The summed E-state index contributed by atoms with van der Waals surface area (Å²) in [7, 11) is 0. The molecule has 7 heteroatoms. The number of hydrogen-bond acceptors (Lipinski definition) is 5. The van der Waals surface area contributed by atoms with Gasteiger partial charge in [0, 0.05) is 32.1 Å². The van der Waals surface area contributed by atoms with Crippen molar-refractivity contribution < 1.29 is 18.8 Å². The van der Waals surface area contributed by atoms with Gasteiger partial charge in [-0.2, -0.15) is 0 Å². The highest BCUT2D eigenvalue weighted by molar-refractivity contribution is 5.92. The molecule has 1 N–H and O–H groups in total. The number of rotatable bonds is 4. The molecule has 0 radical (unpaired) electrons. The summed E-state index contributed by atoms with van der Waals surface area (Å²) in [5.74, 6) is 0.978. The Kier molecular flexibility index (Phi) is 5.02. The van der Waals surface area contributed by atoms with Gasteiger partial charge >= 0.3 is 0 Å². The van der Waals surface area contributed by atoms with E-state index in [-0.39, 0.29) is 24.1 Å². The Bertz CT molecular complexity index is 784. The molecule has 0 unspecified atom stereocenters. The van der Waals surface area contributed by atoms with E-state index in [1.807, 2.05) is 32.0 Å². The fourth-order valence-corrected chi connectivity index (χ4v) is 2.63. The van der Waals surface area contributed by atoms with E-state index in [1.165, 1.54) is 0 Å². The minimum absolute atomic E-state index is 0.0435. The lowest BCUT2D eigenvalue weighted by atomic mass is 10.1. The first-order chi connectivity index (χ1) is 12.0. The molecule has 1 aromatic heterocycles. The van der Waals surface area contributed by atoms with Gasteiger partial charge in [-0.05, 0) is 31.0 Å². The maximum Gasteiger partial charge on any atom is 0.276 e. The van der Waals surface area contributed by atoms with Crippen molar-refractivity contribution in [2.75, 3.05) is 19.6 Å². The largest absolute Gasteiger partial charge is 0.485 e. The van der Waals surface area contributed by atoms with Gasteiger partial charge in [0.25, 0.3) is 5.91 Å². The molecule has 132 valence electrons. The highest BCUT2D eigenvalue weighted by Gasteiger charge is 2.22. The first-order valence-corrected chi connectivity index (χ1v) is 8.24. The van der Waals surface area contributed by atoms with Gasteiger partial charge in [-0.3, -0.25) is 9.59 Å². The van der Waals surface area contributed by atoms with Crippen molar-refractivity contribution in [3.8, 4) is 5.75 Å². The highest BCUT2D eigenvalue weighted by Crippen LogP contribution is 2.20. The molecule has 0 saturated carbocycles. The maximum absolute atomic E-state index is 12.5. The van der Waals surface area contributed by atoms with Gasteiger partial charge in [0.15, 0.2) is 11.5 Å².